The van der Waals surface area contributed by atoms with E-state index in [1.165, 1.54) is 35.7 Å². The number of sulfonamides is 1. The smallest absolute Gasteiger partial charge is 0.338 e. The van der Waals surface area contributed by atoms with Gasteiger partial charge in [-0.1, -0.05) is 12.1 Å². The van der Waals surface area contributed by atoms with Gasteiger partial charge in [-0.15, -0.1) is 0 Å². The van der Waals surface area contributed by atoms with Crippen LogP contribution in [0, 0.1) is 0 Å². The quantitative estimate of drug-likeness (QED) is 0.521. The Bertz CT molecular complexity index is 962. The van der Waals surface area contributed by atoms with Gasteiger partial charge in [0.15, 0.2) is 12.4 Å². The number of ketones is 1. The first kappa shape index (κ1) is 20.0. The Morgan fingerprint density at radius 3 is 2.32 bits per heavy atom. The van der Waals surface area contributed by atoms with Crippen molar-refractivity contribution in [2.75, 3.05) is 26.8 Å². The maximum atomic E-state index is 12.5. The van der Waals surface area contributed by atoms with E-state index < -0.39 is 22.6 Å². The summed E-state index contributed by atoms with van der Waals surface area (Å²) in [5, 5.41) is 0. The number of esters is 1. The molecule has 0 bridgehead atoms. The van der Waals surface area contributed by atoms with Crippen LogP contribution >= 0.6 is 0 Å². The van der Waals surface area contributed by atoms with Crippen LogP contribution in [-0.2, 0) is 14.8 Å². The van der Waals surface area contributed by atoms with Crippen molar-refractivity contribution in [3.8, 4) is 5.75 Å². The van der Waals surface area contributed by atoms with E-state index >= 15 is 0 Å². The molecule has 0 unspecified atom stereocenters. The number of hydrogen-bond acceptors (Lipinski definition) is 6. The van der Waals surface area contributed by atoms with E-state index in [0.717, 1.165) is 12.8 Å². The summed E-state index contributed by atoms with van der Waals surface area (Å²) < 4.78 is 36.5. The number of methoxy groups -OCH3 is 1. The van der Waals surface area contributed by atoms with Crippen LogP contribution < -0.4 is 4.74 Å². The largest absolute Gasteiger partial charge is 0.497 e. The Labute approximate surface area is 163 Å². The van der Waals surface area contributed by atoms with Crippen LogP contribution in [0.1, 0.15) is 33.6 Å². The molecule has 0 aliphatic carbocycles. The number of nitrogens with zero attached hydrogens (tertiary/aromatic N) is 1. The van der Waals surface area contributed by atoms with Crippen molar-refractivity contribution in [1.29, 1.82) is 0 Å². The highest BCUT2D eigenvalue weighted by Gasteiger charge is 2.27. The van der Waals surface area contributed by atoms with E-state index in [-0.39, 0.29) is 16.2 Å². The number of ether oxygens (including phenoxy) is 2. The normalized spacial score (nSPS) is 14.6. The predicted octanol–water partition coefficient (Wildman–Crippen LogP) is 2.52. The molecule has 28 heavy (non-hydrogen) atoms. The molecular weight excluding hydrogens is 382 g/mol. The molecule has 0 atom stereocenters. The molecule has 8 heteroatoms. The van der Waals surface area contributed by atoms with Crippen LogP contribution in [0.25, 0.3) is 0 Å². The minimum absolute atomic E-state index is 0.137. The third-order valence-electron chi connectivity index (χ3n) is 4.52. The molecule has 1 saturated heterocycles. The Hall–Kier alpha value is -2.71. The lowest BCUT2D eigenvalue weighted by molar-refractivity contribution is 0.0474. The van der Waals surface area contributed by atoms with E-state index in [2.05, 4.69) is 0 Å². The fourth-order valence-electron chi connectivity index (χ4n) is 2.93. The number of hydrogen-bond donors (Lipinski definition) is 0. The van der Waals surface area contributed by atoms with Crippen LogP contribution in [0.2, 0.25) is 0 Å². The molecule has 2 aromatic rings. The number of rotatable bonds is 7. The van der Waals surface area contributed by atoms with Gasteiger partial charge in [-0.05, 0) is 49.2 Å². The fourth-order valence-corrected chi connectivity index (χ4v) is 4.45. The first-order valence-electron chi connectivity index (χ1n) is 8.86. The molecule has 1 heterocycles. The second-order valence-corrected chi connectivity index (χ2v) is 8.30. The van der Waals surface area contributed by atoms with Crippen molar-refractivity contribution < 1.29 is 27.5 Å². The summed E-state index contributed by atoms with van der Waals surface area (Å²) >= 11 is 0. The van der Waals surface area contributed by atoms with Gasteiger partial charge < -0.3 is 9.47 Å². The average molecular weight is 403 g/mol. The van der Waals surface area contributed by atoms with Crippen LogP contribution in [0.3, 0.4) is 0 Å². The van der Waals surface area contributed by atoms with E-state index in [9.17, 15) is 18.0 Å². The van der Waals surface area contributed by atoms with Crippen molar-refractivity contribution in [2.24, 2.45) is 0 Å². The summed E-state index contributed by atoms with van der Waals surface area (Å²) in [4.78, 5) is 24.5. The summed E-state index contributed by atoms with van der Waals surface area (Å²) in [6.07, 6.45) is 1.70. The molecule has 0 radical (unpaired) electrons. The molecule has 0 aromatic heterocycles. The zero-order valence-corrected chi connectivity index (χ0v) is 16.3. The van der Waals surface area contributed by atoms with Gasteiger partial charge in [-0.2, -0.15) is 4.31 Å². The topological polar surface area (TPSA) is 90.0 Å². The number of Topliss-reactive ketones (excluding diaryl/α,β-unsaturated/α-hetero) is 1. The molecular formula is C20H21NO6S. The molecule has 1 aliphatic heterocycles. The highest BCUT2D eigenvalue weighted by Crippen LogP contribution is 2.21. The third-order valence-corrected chi connectivity index (χ3v) is 6.43. The van der Waals surface area contributed by atoms with Crippen molar-refractivity contribution in [2.45, 2.75) is 17.7 Å². The Kier molecular flexibility index (Phi) is 6.11. The molecule has 3 rings (SSSR count). The average Bonchev–Trinajstić information content (AvgIpc) is 3.27. The summed E-state index contributed by atoms with van der Waals surface area (Å²) in [5.74, 6) is -0.520. The first-order valence-corrected chi connectivity index (χ1v) is 10.3. The van der Waals surface area contributed by atoms with Crippen LogP contribution in [0.15, 0.2) is 53.4 Å². The zero-order chi connectivity index (χ0) is 20.1. The molecule has 0 spiro atoms. The van der Waals surface area contributed by atoms with E-state index in [1.54, 1.807) is 24.3 Å². The van der Waals surface area contributed by atoms with Gasteiger partial charge in [0.05, 0.1) is 17.6 Å². The number of carbonyl (C=O) groups excluding carboxylic acids is 2. The monoisotopic (exact) mass is 403 g/mol. The number of benzene rings is 2. The summed E-state index contributed by atoms with van der Waals surface area (Å²) in [6.45, 7) is 0.608. The van der Waals surface area contributed by atoms with Crippen molar-refractivity contribution in [1.82, 2.24) is 4.31 Å². The maximum Gasteiger partial charge on any atom is 0.338 e. The molecule has 1 aliphatic rings. The Morgan fingerprint density at radius 2 is 1.68 bits per heavy atom. The van der Waals surface area contributed by atoms with Crippen molar-refractivity contribution >= 4 is 21.8 Å². The molecule has 148 valence electrons. The van der Waals surface area contributed by atoms with Crippen molar-refractivity contribution in [3.63, 3.8) is 0 Å². The molecule has 0 N–H and O–H groups in total. The van der Waals surface area contributed by atoms with Crippen LogP contribution in [0.5, 0.6) is 5.75 Å². The van der Waals surface area contributed by atoms with E-state index in [1.807, 2.05) is 0 Å². The van der Waals surface area contributed by atoms with E-state index in [4.69, 9.17) is 9.47 Å². The van der Waals surface area contributed by atoms with Gasteiger partial charge in [-0.3, -0.25) is 4.79 Å². The predicted molar refractivity (Wildman–Crippen MR) is 102 cm³/mol. The zero-order valence-electron chi connectivity index (χ0n) is 15.5. The lowest BCUT2D eigenvalue weighted by Crippen LogP contribution is -2.27. The Morgan fingerprint density at radius 1 is 1.00 bits per heavy atom. The highest BCUT2D eigenvalue weighted by atomic mass is 32.2. The molecule has 0 amide bonds. The molecule has 2 aromatic carbocycles. The minimum atomic E-state index is -3.53. The second-order valence-electron chi connectivity index (χ2n) is 6.37. The second kappa shape index (κ2) is 8.53. The summed E-state index contributed by atoms with van der Waals surface area (Å²) in [7, 11) is -2.04. The third kappa shape index (κ3) is 4.40. The molecule has 1 fully saturated rings. The van der Waals surface area contributed by atoms with Crippen molar-refractivity contribution in [3.05, 3.63) is 59.7 Å². The van der Waals surface area contributed by atoms with Gasteiger partial charge in [0, 0.05) is 18.7 Å². The van der Waals surface area contributed by atoms with E-state index in [0.29, 0.717) is 24.4 Å². The molecule has 7 nitrogen and oxygen atoms in total. The lowest BCUT2D eigenvalue weighted by Gasteiger charge is -2.15. The number of carbonyl (C=O) groups is 2. The van der Waals surface area contributed by atoms with Gasteiger partial charge in [-0.25, -0.2) is 13.2 Å². The SMILES string of the molecule is COc1cccc(C(=O)COC(=O)c2ccc(S(=O)(=O)N3CCCC3)cc2)c1. The van der Waals surface area contributed by atoms with Gasteiger partial charge >= 0.3 is 5.97 Å². The van der Waals surface area contributed by atoms with Gasteiger partial charge in [0.25, 0.3) is 0 Å². The lowest BCUT2D eigenvalue weighted by atomic mass is 10.1. The van der Waals surface area contributed by atoms with Crippen LogP contribution in [0.4, 0.5) is 0 Å². The summed E-state index contributed by atoms with van der Waals surface area (Å²) in [5.41, 5.74) is 0.554. The maximum absolute atomic E-state index is 12.5. The van der Waals surface area contributed by atoms with Crippen LogP contribution in [-0.4, -0.2) is 51.3 Å². The molecule has 0 saturated carbocycles. The Balaban J connectivity index is 1.62. The first-order chi connectivity index (χ1) is 13.4. The summed E-state index contributed by atoms with van der Waals surface area (Å²) in [6, 6.07) is 12.1. The minimum Gasteiger partial charge on any atom is -0.497 e. The van der Waals surface area contributed by atoms with Gasteiger partial charge in [0.1, 0.15) is 5.75 Å². The fraction of sp³-hybridized carbons (Fsp3) is 0.300. The van der Waals surface area contributed by atoms with Gasteiger partial charge in [0.2, 0.25) is 10.0 Å². The highest BCUT2D eigenvalue weighted by molar-refractivity contribution is 7.89. The standard InChI is InChI=1S/C20H21NO6S/c1-26-17-6-4-5-16(13-17)19(22)14-27-20(23)15-7-9-18(10-8-15)28(24,25)21-11-2-3-12-21/h4-10,13H,2-3,11-12,14H2,1H3.